The molecule has 1 aliphatic rings. The molecule has 1 fully saturated rings. The van der Waals surface area contributed by atoms with Crippen LogP contribution in [0, 0.1) is 0 Å². The van der Waals surface area contributed by atoms with Crippen LogP contribution in [-0.4, -0.2) is 50.3 Å². The normalized spacial score (nSPS) is 16.1. The minimum atomic E-state index is 0. The van der Waals surface area contributed by atoms with Crippen LogP contribution in [0.1, 0.15) is 12.0 Å². The van der Waals surface area contributed by atoms with Crippen LogP contribution >= 0.6 is 35.6 Å². The van der Waals surface area contributed by atoms with Crippen molar-refractivity contribution in [2.24, 2.45) is 10.7 Å². The second kappa shape index (κ2) is 11.0. The van der Waals surface area contributed by atoms with Gasteiger partial charge in [0.25, 0.3) is 0 Å². The highest BCUT2D eigenvalue weighted by molar-refractivity contribution is 14.0. The molecule has 0 bridgehead atoms. The summed E-state index contributed by atoms with van der Waals surface area (Å²) in [5.41, 5.74) is 6.84. The monoisotopic (exact) mass is 438 g/mol. The zero-order valence-corrected chi connectivity index (χ0v) is 15.7. The molecule has 1 aliphatic heterocycles. The van der Waals surface area contributed by atoms with Crippen LogP contribution in [0.2, 0.25) is 5.02 Å². The fraction of sp³-hybridized carbons (Fsp3) is 0.533. The van der Waals surface area contributed by atoms with Gasteiger partial charge in [0.15, 0.2) is 5.96 Å². The highest BCUT2D eigenvalue weighted by atomic mass is 127. The number of benzene rings is 1. The molecule has 1 heterocycles. The van der Waals surface area contributed by atoms with E-state index in [-0.39, 0.29) is 24.0 Å². The molecule has 0 spiro atoms. The molecule has 5 nitrogen and oxygen atoms in total. The van der Waals surface area contributed by atoms with Gasteiger partial charge in [0.05, 0.1) is 19.8 Å². The number of nitrogens with zero attached hydrogens (tertiary/aromatic N) is 2. The molecule has 7 heteroatoms. The number of halogens is 2. The van der Waals surface area contributed by atoms with Gasteiger partial charge < -0.3 is 15.8 Å². The Morgan fingerprint density at radius 1 is 1.32 bits per heavy atom. The summed E-state index contributed by atoms with van der Waals surface area (Å²) in [4.78, 5) is 6.71. The second-order valence-corrected chi connectivity index (χ2v) is 5.43. The SMILES string of the molecule is I.NC(=NCc1ccccc1Cl)NCCCN1CCOCC1. The molecule has 0 amide bonds. The number of ether oxygens (including phenoxy) is 1. The van der Waals surface area contributed by atoms with E-state index in [4.69, 9.17) is 22.1 Å². The minimum Gasteiger partial charge on any atom is -0.379 e. The van der Waals surface area contributed by atoms with Crippen LogP contribution in [0.4, 0.5) is 0 Å². The van der Waals surface area contributed by atoms with Gasteiger partial charge >= 0.3 is 0 Å². The van der Waals surface area contributed by atoms with Gasteiger partial charge in [0.2, 0.25) is 0 Å². The average Bonchev–Trinajstić information content (AvgIpc) is 2.52. The van der Waals surface area contributed by atoms with Crippen LogP contribution in [-0.2, 0) is 11.3 Å². The lowest BCUT2D eigenvalue weighted by atomic mass is 10.2. The largest absolute Gasteiger partial charge is 0.379 e. The third kappa shape index (κ3) is 7.13. The van der Waals surface area contributed by atoms with Crippen LogP contribution < -0.4 is 11.1 Å². The lowest BCUT2D eigenvalue weighted by Gasteiger charge is -2.26. The Balaban J connectivity index is 0.00000242. The third-order valence-corrected chi connectivity index (χ3v) is 3.81. The molecule has 3 N–H and O–H groups in total. The summed E-state index contributed by atoms with van der Waals surface area (Å²) in [6, 6.07) is 7.67. The number of rotatable bonds is 6. The first kappa shape index (κ1) is 19.5. The van der Waals surface area contributed by atoms with E-state index < -0.39 is 0 Å². The molecule has 2 rings (SSSR count). The first-order valence-corrected chi connectivity index (χ1v) is 7.71. The lowest BCUT2D eigenvalue weighted by Crippen LogP contribution is -2.39. The van der Waals surface area contributed by atoms with Crippen molar-refractivity contribution in [2.75, 3.05) is 39.4 Å². The Morgan fingerprint density at radius 3 is 2.77 bits per heavy atom. The van der Waals surface area contributed by atoms with Crippen LogP contribution in [0.3, 0.4) is 0 Å². The Labute approximate surface area is 154 Å². The van der Waals surface area contributed by atoms with Crippen molar-refractivity contribution in [3.63, 3.8) is 0 Å². The topological polar surface area (TPSA) is 62.9 Å². The van der Waals surface area contributed by atoms with Gasteiger partial charge in [0, 0.05) is 24.7 Å². The Hall–Kier alpha value is -0.570. The van der Waals surface area contributed by atoms with Crippen molar-refractivity contribution in [3.8, 4) is 0 Å². The number of hydrogen-bond acceptors (Lipinski definition) is 3. The van der Waals surface area contributed by atoms with Gasteiger partial charge in [-0.2, -0.15) is 0 Å². The second-order valence-electron chi connectivity index (χ2n) is 5.03. The fourth-order valence-corrected chi connectivity index (χ4v) is 2.39. The highest BCUT2D eigenvalue weighted by Crippen LogP contribution is 2.15. The number of nitrogens with one attached hydrogen (secondary N) is 1. The van der Waals surface area contributed by atoms with E-state index in [0.29, 0.717) is 12.5 Å². The van der Waals surface area contributed by atoms with E-state index in [2.05, 4.69) is 15.2 Å². The predicted octanol–water partition coefficient (Wildman–Crippen LogP) is 2.08. The van der Waals surface area contributed by atoms with E-state index in [0.717, 1.165) is 56.4 Å². The van der Waals surface area contributed by atoms with Gasteiger partial charge in [-0.05, 0) is 24.6 Å². The summed E-state index contributed by atoms with van der Waals surface area (Å²) >= 11 is 6.07. The fourth-order valence-electron chi connectivity index (χ4n) is 2.20. The van der Waals surface area contributed by atoms with E-state index in [1.165, 1.54) is 0 Å². The summed E-state index contributed by atoms with van der Waals surface area (Å²) in [7, 11) is 0. The minimum absolute atomic E-state index is 0. The quantitative estimate of drug-likeness (QED) is 0.309. The smallest absolute Gasteiger partial charge is 0.188 e. The van der Waals surface area contributed by atoms with E-state index in [1.807, 2.05) is 24.3 Å². The maximum absolute atomic E-state index is 6.07. The number of aliphatic imine (C=N–C) groups is 1. The first-order valence-electron chi connectivity index (χ1n) is 7.33. The predicted molar refractivity (Wildman–Crippen MR) is 102 cm³/mol. The number of guanidine groups is 1. The van der Waals surface area contributed by atoms with Gasteiger partial charge in [-0.3, -0.25) is 4.90 Å². The molecule has 22 heavy (non-hydrogen) atoms. The molecule has 0 radical (unpaired) electrons. The molecule has 1 aromatic carbocycles. The zero-order chi connectivity index (χ0) is 14.9. The number of hydrogen-bond donors (Lipinski definition) is 2. The van der Waals surface area contributed by atoms with Crippen LogP contribution in [0.15, 0.2) is 29.3 Å². The summed E-state index contributed by atoms with van der Waals surface area (Å²) in [5, 5.41) is 3.86. The van der Waals surface area contributed by atoms with E-state index in [1.54, 1.807) is 0 Å². The molecule has 0 unspecified atom stereocenters. The zero-order valence-electron chi connectivity index (χ0n) is 12.6. The van der Waals surface area contributed by atoms with Crippen molar-refractivity contribution in [1.82, 2.24) is 10.2 Å². The molecule has 1 aromatic rings. The Morgan fingerprint density at radius 2 is 2.05 bits per heavy atom. The molecule has 0 atom stereocenters. The van der Waals surface area contributed by atoms with Gasteiger partial charge in [-0.15, -0.1) is 24.0 Å². The summed E-state index contributed by atoms with van der Waals surface area (Å²) in [5.74, 6) is 0.469. The van der Waals surface area contributed by atoms with Gasteiger partial charge in [-0.1, -0.05) is 29.8 Å². The van der Waals surface area contributed by atoms with Crippen molar-refractivity contribution in [2.45, 2.75) is 13.0 Å². The standard InChI is InChI=1S/C15H23ClN4O.HI/c16-14-5-2-1-4-13(14)12-19-15(17)18-6-3-7-20-8-10-21-11-9-20;/h1-2,4-5H,3,6-12H2,(H3,17,18,19);1H. The van der Waals surface area contributed by atoms with Gasteiger partial charge in [0.1, 0.15) is 0 Å². The van der Waals surface area contributed by atoms with Crippen LogP contribution in [0.25, 0.3) is 0 Å². The lowest BCUT2D eigenvalue weighted by molar-refractivity contribution is 0.0376. The molecule has 0 aromatic heterocycles. The van der Waals surface area contributed by atoms with E-state index in [9.17, 15) is 0 Å². The molecule has 1 saturated heterocycles. The maximum Gasteiger partial charge on any atom is 0.188 e. The molecule has 124 valence electrons. The first-order chi connectivity index (χ1) is 10.3. The van der Waals surface area contributed by atoms with Crippen molar-refractivity contribution < 1.29 is 4.74 Å². The average molecular weight is 439 g/mol. The Kier molecular flexibility index (Phi) is 9.77. The molecule has 0 aliphatic carbocycles. The molecular weight excluding hydrogens is 415 g/mol. The Bertz CT molecular complexity index is 467. The van der Waals surface area contributed by atoms with Gasteiger partial charge in [-0.25, -0.2) is 4.99 Å². The van der Waals surface area contributed by atoms with Crippen molar-refractivity contribution in [3.05, 3.63) is 34.9 Å². The summed E-state index contributed by atoms with van der Waals surface area (Å²) in [6.07, 6.45) is 1.04. The van der Waals surface area contributed by atoms with Crippen molar-refractivity contribution >= 4 is 41.5 Å². The summed E-state index contributed by atoms with van der Waals surface area (Å²) < 4.78 is 5.32. The summed E-state index contributed by atoms with van der Waals surface area (Å²) in [6.45, 7) is 6.13. The van der Waals surface area contributed by atoms with E-state index >= 15 is 0 Å². The number of nitrogens with two attached hydrogens (primary N) is 1. The third-order valence-electron chi connectivity index (χ3n) is 3.44. The number of morpholine rings is 1. The van der Waals surface area contributed by atoms with Crippen molar-refractivity contribution in [1.29, 1.82) is 0 Å². The molecular formula is C15H24ClIN4O. The highest BCUT2D eigenvalue weighted by Gasteiger charge is 2.08. The van der Waals surface area contributed by atoms with Crippen LogP contribution in [0.5, 0.6) is 0 Å². The molecule has 0 saturated carbocycles. The maximum atomic E-state index is 6.07.